The minimum atomic E-state index is -0.0573. The Kier molecular flexibility index (Phi) is 4.06. The van der Waals surface area contributed by atoms with Crippen LogP contribution < -0.4 is 5.32 Å². The molecule has 2 rings (SSSR count). The van der Waals surface area contributed by atoms with Crippen LogP contribution in [-0.2, 0) is 0 Å². The third-order valence-electron chi connectivity index (χ3n) is 3.42. The number of aromatic nitrogens is 3. The van der Waals surface area contributed by atoms with Crippen LogP contribution in [0.2, 0.25) is 0 Å². The first kappa shape index (κ1) is 14.5. The first-order valence-corrected chi connectivity index (χ1v) is 7.09. The molecule has 0 spiro atoms. The molecule has 0 aliphatic rings. The van der Waals surface area contributed by atoms with Gasteiger partial charge in [0, 0.05) is 17.8 Å². The summed E-state index contributed by atoms with van der Waals surface area (Å²) in [6, 6.07) is 2.20. The lowest BCUT2D eigenvalue weighted by Gasteiger charge is -2.13. The molecular formula is C15H22N4O. The summed E-state index contributed by atoms with van der Waals surface area (Å²) in [6.07, 6.45) is 2.64. The molecule has 108 valence electrons. The number of carbonyl (C=O) groups is 1. The smallest absolute Gasteiger partial charge is 0.252 e. The highest BCUT2D eigenvalue weighted by atomic mass is 16.1. The second-order valence-corrected chi connectivity index (χ2v) is 5.51. The van der Waals surface area contributed by atoms with Crippen molar-refractivity contribution in [1.82, 2.24) is 20.1 Å². The largest absolute Gasteiger partial charge is 0.350 e. The van der Waals surface area contributed by atoms with Crippen molar-refractivity contribution in [2.45, 2.75) is 53.1 Å². The molecule has 0 aliphatic heterocycles. The van der Waals surface area contributed by atoms with E-state index in [-0.39, 0.29) is 18.0 Å². The summed E-state index contributed by atoms with van der Waals surface area (Å²) in [5, 5.41) is 8.16. The third kappa shape index (κ3) is 2.66. The zero-order valence-electron chi connectivity index (χ0n) is 12.8. The molecule has 5 heteroatoms. The number of carbonyl (C=O) groups excluding carboxylic acids is 1. The number of hydrogen-bond acceptors (Lipinski definition) is 3. The fourth-order valence-electron chi connectivity index (χ4n) is 2.11. The van der Waals surface area contributed by atoms with Gasteiger partial charge >= 0.3 is 0 Å². The number of amides is 1. The molecule has 0 bridgehead atoms. The Hall–Kier alpha value is -1.91. The number of pyridine rings is 1. The van der Waals surface area contributed by atoms with E-state index in [1.165, 1.54) is 0 Å². The number of fused-ring (bicyclic) bond motifs is 1. The second kappa shape index (κ2) is 5.61. The van der Waals surface area contributed by atoms with Gasteiger partial charge in [-0.05, 0) is 40.2 Å². The molecule has 0 saturated carbocycles. The summed E-state index contributed by atoms with van der Waals surface area (Å²) in [5.74, 6) is -0.0573. The number of nitrogens with one attached hydrogen (secondary N) is 1. The highest BCUT2D eigenvalue weighted by molar-refractivity contribution is 6.05. The van der Waals surface area contributed by atoms with Gasteiger partial charge < -0.3 is 5.32 Å². The lowest BCUT2D eigenvalue weighted by Crippen LogP contribution is -2.32. The summed E-state index contributed by atoms with van der Waals surface area (Å²) in [7, 11) is 0. The van der Waals surface area contributed by atoms with E-state index in [0.29, 0.717) is 5.56 Å². The molecule has 1 N–H and O–H groups in total. The Bertz CT molecular complexity index is 630. The van der Waals surface area contributed by atoms with Crippen LogP contribution in [0.15, 0.2) is 12.3 Å². The zero-order valence-corrected chi connectivity index (χ0v) is 12.8. The predicted octanol–water partition coefficient (Wildman–Crippen LogP) is 2.85. The quantitative estimate of drug-likeness (QED) is 0.932. The van der Waals surface area contributed by atoms with E-state index in [1.807, 2.05) is 24.6 Å². The van der Waals surface area contributed by atoms with Gasteiger partial charge in [0.25, 0.3) is 5.91 Å². The Balaban J connectivity index is 2.51. The van der Waals surface area contributed by atoms with E-state index in [0.717, 1.165) is 23.1 Å². The molecule has 1 amide bonds. The van der Waals surface area contributed by atoms with Crippen molar-refractivity contribution in [2.75, 3.05) is 0 Å². The fourth-order valence-corrected chi connectivity index (χ4v) is 2.11. The number of nitrogens with zero attached hydrogens (tertiary/aromatic N) is 3. The molecular weight excluding hydrogens is 252 g/mol. The number of hydrogen-bond donors (Lipinski definition) is 1. The molecule has 5 nitrogen and oxygen atoms in total. The Morgan fingerprint density at radius 3 is 2.70 bits per heavy atom. The molecule has 0 aromatic carbocycles. The van der Waals surface area contributed by atoms with E-state index < -0.39 is 0 Å². The summed E-state index contributed by atoms with van der Waals surface area (Å²) < 4.78 is 1.85. The van der Waals surface area contributed by atoms with Crippen molar-refractivity contribution in [3.8, 4) is 0 Å². The van der Waals surface area contributed by atoms with Crippen molar-refractivity contribution in [2.24, 2.45) is 0 Å². The summed E-state index contributed by atoms with van der Waals surface area (Å²) >= 11 is 0. The van der Waals surface area contributed by atoms with Crippen molar-refractivity contribution in [3.63, 3.8) is 0 Å². The molecule has 0 radical (unpaired) electrons. The van der Waals surface area contributed by atoms with Crippen LogP contribution >= 0.6 is 0 Å². The molecule has 0 fully saturated rings. The van der Waals surface area contributed by atoms with Gasteiger partial charge in [0.05, 0.1) is 17.1 Å². The minimum absolute atomic E-state index is 0.0573. The van der Waals surface area contributed by atoms with E-state index >= 15 is 0 Å². The first-order valence-electron chi connectivity index (χ1n) is 7.09. The Morgan fingerprint density at radius 2 is 2.10 bits per heavy atom. The van der Waals surface area contributed by atoms with E-state index in [2.05, 4.69) is 36.2 Å². The maximum atomic E-state index is 12.4. The van der Waals surface area contributed by atoms with Gasteiger partial charge in [0.15, 0.2) is 5.65 Å². The first-order chi connectivity index (χ1) is 9.43. The SMILES string of the molecule is CC[C@H](C)NC(=O)c1cc(C)nc2c1cnn2C(C)C. The summed E-state index contributed by atoms with van der Waals surface area (Å²) in [6.45, 7) is 10.1. The highest BCUT2D eigenvalue weighted by Gasteiger charge is 2.17. The molecule has 2 aromatic rings. The molecule has 2 heterocycles. The lowest BCUT2D eigenvalue weighted by molar-refractivity contribution is 0.0941. The zero-order chi connectivity index (χ0) is 14.9. The normalized spacial score (nSPS) is 12.9. The fraction of sp³-hybridized carbons (Fsp3) is 0.533. The number of rotatable bonds is 4. The van der Waals surface area contributed by atoms with Gasteiger partial charge in [-0.1, -0.05) is 6.92 Å². The van der Waals surface area contributed by atoms with Gasteiger partial charge in [-0.25, -0.2) is 9.67 Å². The highest BCUT2D eigenvalue weighted by Crippen LogP contribution is 2.21. The van der Waals surface area contributed by atoms with E-state index in [4.69, 9.17) is 0 Å². The lowest BCUT2D eigenvalue weighted by atomic mass is 10.1. The average molecular weight is 274 g/mol. The molecule has 0 saturated heterocycles. The van der Waals surface area contributed by atoms with Gasteiger partial charge in [-0.2, -0.15) is 5.10 Å². The predicted molar refractivity (Wildman–Crippen MR) is 79.9 cm³/mol. The topological polar surface area (TPSA) is 59.8 Å². The Labute approximate surface area is 119 Å². The van der Waals surface area contributed by atoms with Gasteiger partial charge in [-0.3, -0.25) is 4.79 Å². The van der Waals surface area contributed by atoms with Crippen LogP contribution in [0.25, 0.3) is 11.0 Å². The molecule has 20 heavy (non-hydrogen) atoms. The Morgan fingerprint density at radius 1 is 1.40 bits per heavy atom. The van der Waals surface area contributed by atoms with Gasteiger partial charge in [-0.15, -0.1) is 0 Å². The monoisotopic (exact) mass is 274 g/mol. The summed E-state index contributed by atoms with van der Waals surface area (Å²) in [4.78, 5) is 16.9. The maximum Gasteiger partial charge on any atom is 0.252 e. The van der Waals surface area contributed by atoms with E-state index in [1.54, 1.807) is 6.20 Å². The van der Waals surface area contributed by atoms with E-state index in [9.17, 15) is 4.79 Å². The molecule has 1 atom stereocenters. The van der Waals surface area contributed by atoms with Crippen LogP contribution in [0, 0.1) is 6.92 Å². The average Bonchev–Trinajstić information content (AvgIpc) is 2.80. The van der Waals surface area contributed by atoms with Crippen molar-refractivity contribution >= 4 is 16.9 Å². The van der Waals surface area contributed by atoms with Crippen molar-refractivity contribution in [1.29, 1.82) is 0 Å². The van der Waals surface area contributed by atoms with Crippen molar-refractivity contribution < 1.29 is 4.79 Å². The third-order valence-corrected chi connectivity index (χ3v) is 3.42. The van der Waals surface area contributed by atoms with Crippen LogP contribution in [0.3, 0.4) is 0 Å². The standard InChI is InChI=1S/C15H22N4O/c1-6-10(4)18-15(20)12-7-11(5)17-14-13(12)8-16-19(14)9(2)3/h7-10H,6H2,1-5H3,(H,18,20)/t10-/m0/s1. The second-order valence-electron chi connectivity index (χ2n) is 5.51. The van der Waals surface area contributed by atoms with Crippen LogP contribution in [0.5, 0.6) is 0 Å². The maximum absolute atomic E-state index is 12.4. The molecule has 0 aliphatic carbocycles. The minimum Gasteiger partial charge on any atom is -0.350 e. The molecule has 2 aromatic heterocycles. The van der Waals surface area contributed by atoms with Crippen molar-refractivity contribution in [3.05, 3.63) is 23.5 Å². The number of aryl methyl sites for hydroxylation is 1. The molecule has 0 unspecified atom stereocenters. The van der Waals surface area contributed by atoms with Crippen LogP contribution in [0.4, 0.5) is 0 Å². The summed E-state index contributed by atoms with van der Waals surface area (Å²) in [5.41, 5.74) is 2.25. The van der Waals surface area contributed by atoms with Gasteiger partial charge in [0.2, 0.25) is 0 Å². The van der Waals surface area contributed by atoms with Crippen LogP contribution in [-0.4, -0.2) is 26.7 Å². The van der Waals surface area contributed by atoms with Gasteiger partial charge in [0.1, 0.15) is 0 Å². The van der Waals surface area contributed by atoms with Crippen LogP contribution in [0.1, 0.15) is 56.2 Å².